The Kier molecular flexibility index (Phi) is 4.58. The quantitative estimate of drug-likeness (QED) is 0.631. The maximum absolute atomic E-state index is 5.31. The van der Waals surface area contributed by atoms with Crippen molar-refractivity contribution in [3.63, 3.8) is 0 Å². The van der Waals surface area contributed by atoms with Crippen LogP contribution in [0.3, 0.4) is 0 Å². The Morgan fingerprint density at radius 2 is 2.20 bits per heavy atom. The van der Waals surface area contributed by atoms with Crippen LogP contribution in [0.4, 0.5) is 0 Å². The molecule has 1 aromatic heterocycles. The topological polar surface area (TPSA) is 43.8 Å². The van der Waals surface area contributed by atoms with Crippen LogP contribution in [-0.2, 0) is 13.6 Å². The number of rotatable bonds is 1. The van der Waals surface area contributed by atoms with Crippen molar-refractivity contribution < 1.29 is 0 Å². The normalized spacial score (nSPS) is 8.40. The standard InChI is InChI=1S/C5H9N3.C2H6/c1-8-4-5(2-6)3-7-8;1-2/h3-4H,2,6H2,1H3;1-2H3. The molecule has 0 unspecified atom stereocenters. The van der Waals surface area contributed by atoms with E-state index in [1.165, 1.54) is 0 Å². The number of aromatic nitrogens is 2. The van der Waals surface area contributed by atoms with Gasteiger partial charge in [-0.25, -0.2) is 0 Å². The third-order valence-electron chi connectivity index (χ3n) is 0.994. The number of nitrogens with zero attached hydrogens (tertiary/aromatic N) is 2. The Hall–Kier alpha value is -0.830. The Bertz CT molecular complexity index is 169. The molecule has 0 bridgehead atoms. The molecular weight excluding hydrogens is 126 g/mol. The predicted octanol–water partition coefficient (Wildman–Crippen LogP) is 0.905. The van der Waals surface area contributed by atoms with E-state index in [1.807, 2.05) is 27.1 Å². The monoisotopic (exact) mass is 141 g/mol. The summed E-state index contributed by atoms with van der Waals surface area (Å²) in [5.74, 6) is 0. The van der Waals surface area contributed by atoms with E-state index >= 15 is 0 Å². The predicted molar refractivity (Wildman–Crippen MR) is 42.4 cm³/mol. The average molecular weight is 141 g/mol. The molecular formula is C7H15N3. The van der Waals surface area contributed by atoms with Crippen molar-refractivity contribution in [3.8, 4) is 0 Å². The number of aryl methyl sites for hydroxylation is 1. The molecule has 0 atom stereocenters. The molecule has 1 heterocycles. The van der Waals surface area contributed by atoms with Gasteiger partial charge >= 0.3 is 0 Å². The first-order valence-corrected chi connectivity index (χ1v) is 3.50. The lowest BCUT2D eigenvalue weighted by molar-refractivity contribution is 0.767. The molecule has 0 saturated carbocycles. The van der Waals surface area contributed by atoms with E-state index in [2.05, 4.69) is 5.10 Å². The molecule has 0 radical (unpaired) electrons. The van der Waals surface area contributed by atoms with Gasteiger partial charge in [-0.3, -0.25) is 4.68 Å². The van der Waals surface area contributed by atoms with E-state index in [9.17, 15) is 0 Å². The van der Waals surface area contributed by atoms with E-state index < -0.39 is 0 Å². The number of nitrogens with two attached hydrogens (primary N) is 1. The number of hydrogen-bond acceptors (Lipinski definition) is 2. The summed E-state index contributed by atoms with van der Waals surface area (Å²) in [6.45, 7) is 4.58. The molecule has 3 heteroatoms. The van der Waals surface area contributed by atoms with Crippen LogP contribution in [0.25, 0.3) is 0 Å². The minimum absolute atomic E-state index is 0.577. The summed E-state index contributed by atoms with van der Waals surface area (Å²) in [5.41, 5.74) is 6.39. The van der Waals surface area contributed by atoms with Gasteiger partial charge in [0.2, 0.25) is 0 Å². The zero-order valence-corrected chi connectivity index (χ0v) is 6.83. The van der Waals surface area contributed by atoms with Crippen LogP contribution in [0.15, 0.2) is 12.4 Å². The van der Waals surface area contributed by atoms with Gasteiger partial charge in [-0.2, -0.15) is 5.10 Å². The Morgan fingerprint density at radius 1 is 1.60 bits per heavy atom. The Labute approximate surface area is 61.8 Å². The van der Waals surface area contributed by atoms with Crippen molar-refractivity contribution in [2.75, 3.05) is 0 Å². The summed E-state index contributed by atoms with van der Waals surface area (Å²) >= 11 is 0. The minimum Gasteiger partial charge on any atom is -0.326 e. The van der Waals surface area contributed by atoms with Gasteiger partial charge in [-0.05, 0) is 0 Å². The fraction of sp³-hybridized carbons (Fsp3) is 0.571. The smallest absolute Gasteiger partial charge is 0.0534 e. The Morgan fingerprint density at radius 3 is 2.40 bits per heavy atom. The molecule has 0 aliphatic carbocycles. The highest BCUT2D eigenvalue weighted by Crippen LogP contribution is 1.91. The molecule has 0 saturated heterocycles. The molecule has 2 N–H and O–H groups in total. The van der Waals surface area contributed by atoms with Crippen molar-refractivity contribution in [1.29, 1.82) is 0 Å². The second kappa shape index (κ2) is 4.99. The molecule has 0 aromatic carbocycles. The third kappa shape index (κ3) is 2.64. The van der Waals surface area contributed by atoms with Crippen molar-refractivity contribution in [2.24, 2.45) is 12.8 Å². The SMILES string of the molecule is CC.Cn1cc(CN)cn1. The summed E-state index contributed by atoms with van der Waals surface area (Å²) < 4.78 is 1.74. The molecule has 3 nitrogen and oxygen atoms in total. The largest absolute Gasteiger partial charge is 0.326 e. The molecule has 0 amide bonds. The van der Waals surface area contributed by atoms with Crippen molar-refractivity contribution >= 4 is 0 Å². The fourth-order valence-corrected chi connectivity index (χ4v) is 0.577. The van der Waals surface area contributed by atoms with E-state index in [0.29, 0.717) is 6.54 Å². The van der Waals surface area contributed by atoms with Crippen LogP contribution >= 0.6 is 0 Å². The van der Waals surface area contributed by atoms with Crippen LogP contribution < -0.4 is 5.73 Å². The average Bonchev–Trinajstić information content (AvgIpc) is 2.40. The molecule has 1 rings (SSSR count). The summed E-state index contributed by atoms with van der Waals surface area (Å²) in [6.07, 6.45) is 3.67. The highest BCUT2D eigenvalue weighted by molar-refractivity contribution is 5.01. The summed E-state index contributed by atoms with van der Waals surface area (Å²) in [4.78, 5) is 0. The Balaban J connectivity index is 0.000000371. The lowest BCUT2D eigenvalue weighted by Crippen LogP contribution is -1.93. The van der Waals surface area contributed by atoms with Crippen molar-refractivity contribution in [2.45, 2.75) is 20.4 Å². The summed E-state index contributed by atoms with van der Waals surface area (Å²) in [5, 5.41) is 3.92. The first-order chi connectivity index (χ1) is 4.83. The zero-order valence-electron chi connectivity index (χ0n) is 6.83. The maximum Gasteiger partial charge on any atom is 0.0534 e. The first-order valence-electron chi connectivity index (χ1n) is 3.50. The molecule has 0 spiro atoms. The maximum atomic E-state index is 5.31. The lowest BCUT2D eigenvalue weighted by atomic mass is 10.4. The van der Waals surface area contributed by atoms with E-state index in [0.717, 1.165) is 5.56 Å². The fourth-order valence-electron chi connectivity index (χ4n) is 0.577. The van der Waals surface area contributed by atoms with Crippen molar-refractivity contribution in [3.05, 3.63) is 18.0 Å². The van der Waals surface area contributed by atoms with Gasteiger partial charge < -0.3 is 5.73 Å². The molecule has 0 aliphatic heterocycles. The van der Waals surface area contributed by atoms with Gasteiger partial charge in [0, 0.05) is 25.4 Å². The third-order valence-corrected chi connectivity index (χ3v) is 0.994. The van der Waals surface area contributed by atoms with Crippen LogP contribution in [0.2, 0.25) is 0 Å². The van der Waals surface area contributed by atoms with Crippen molar-refractivity contribution in [1.82, 2.24) is 9.78 Å². The molecule has 58 valence electrons. The minimum atomic E-state index is 0.577. The van der Waals surface area contributed by atoms with Gasteiger partial charge in [-0.1, -0.05) is 13.8 Å². The number of hydrogen-bond donors (Lipinski definition) is 1. The molecule has 1 aromatic rings. The summed E-state index contributed by atoms with van der Waals surface area (Å²) in [7, 11) is 1.87. The van der Waals surface area contributed by atoms with Gasteiger partial charge in [-0.15, -0.1) is 0 Å². The lowest BCUT2D eigenvalue weighted by Gasteiger charge is -1.82. The van der Waals surface area contributed by atoms with Gasteiger partial charge in [0.15, 0.2) is 0 Å². The van der Waals surface area contributed by atoms with Crippen LogP contribution in [0.1, 0.15) is 19.4 Å². The van der Waals surface area contributed by atoms with Crippen LogP contribution in [0.5, 0.6) is 0 Å². The highest BCUT2D eigenvalue weighted by Gasteiger charge is 1.88. The second-order valence-electron chi connectivity index (χ2n) is 1.73. The van der Waals surface area contributed by atoms with E-state index in [-0.39, 0.29) is 0 Å². The zero-order chi connectivity index (χ0) is 7.98. The van der Waals surface area contributed by atoms with Crippen LogP contribution in [-0.4, -0.2) is 9.78 Å². The van der Waals surface area contributed by atoms with Crippen LogP contribution in [0, 0.1) is 0 Å². The second-order valence-corrected chi connectivity index (χ2v) is 1.73. The highest BCUT2D eigenvalue weighted by atomic mass is 15.2. The molecule has 0 aliphatic rings. The first kappa shape index (κ1) is 9.17. The van der Waals surface area contributed by atoms with Gasteiger partial charge in [0.25, 0.3) is 0 Å². The molecule has 0 fully saturated rings. The van der Waals surface area contributed by atoms with E-state index in [4.69, 9.17) is 5.73 Å². The van der Waals surface area contributed by atoms with Gasteiger partial charge in [0.05, 0.1) is 6.20 Å². The van der Waals surface area contributed by atoms with Gasteiger partial charge in [0.1, 0.15) is 0 Å². The molecule has 10 heavy (non-hydrogen) atoms. The summed E-state index contributed by atoms with van der Waals surface area (Å²) in [6, 6.07) is 0. The van der Waals surface area contributed by atoms with E-state index in [1.54, 1.807) is 10.9 Å².